The van der Waals surface area contributed by atoms with Gasteiger partial charge in [0.05, 0.1) is 12.1 Å². The van der Waals surface area contributed by atoms with E-state index in [1.807, 2.05) is 0 Å². The predicted molar refractivity (Wildman–Crippen MR) is 78.3 cm³/mol. The van der Waals surface area contributed by atoms with Crippen molar-refractivity contribution >= 4 is 21.8 Å². The molecule has 1 atom stereocenters. The lowest BCUT2D eigenvalue weighted by Crippen LogP contribution is -2.53. The van der Waals surface area contributed by atoms with Gasteiger partial charge in [-0.05, 0) is 37.6 Å². The van der Waals surface area contributed by atoms with Crippen LogP contribution < -0.4 is 10.6 Å². The zero-order chi connectivity index (χ0) is 14.6. The van der Waals surface area contributed by atoms with Crippen LogP contribution in [0.15, 0.2) is 22.7 Å². The van der Waals surface area contributed by atoms with Crippen LogP contribution in [-0.2, 0) is 4.74 Å². The van der Waals surface area contributed by atoms with E-state index in [-0.39, 0.29) is 11.4 Å². The normalized spacial score (nSPS) is 21.9. The van der Waals surface area contributed by atoms with Crippen LogP contribution in [0.5, 0.6) is 0 Å². The van der Waals surface area contributed by atoms with Gasteiger partial charge >= 0.3 is 0 Å². The summed E-state index contributed by atoms with van der Waals surface area (Å²) >= 11 is 3.18. The standard InChI is InChI=1S/C14H18BrFN2O2/c1-20-9-14(3-2-4-18-14)8-17-13(19)10-5-11(15)7-12(16)6-10/h5-7,18H,2-4,8-9H2,1H3,(H,17,19). The fourth-order valence-electron chi connectivity index (χ4n) is 2.51. The van der Waals surface area contributed by atoms with E-state index in [0.717, 1.165) is 19.4 Å². The number of ether oxygens (including phenoxy) is 1. The maximum atomic E-state index is 13.3. The highest BCUT2D eigenvalue weighted by Gasteiger charge is 2.33. The highest BCUT2D eigenvalue weighted by Crippen LogP contribution is 2.19. The summed E-state index contributed by atoms with van der Waals surface area (Å²) in [5, 5.41) is 6.23. The molecular weight excluding hydrogens is 327 g/mol. The van der Waals surface area contributed by atoms with Gasteiger partial charge in [0, 0.05) is 23.7 Å². The van der Waals surface area contributed by atoms with Crippen LogP contribution in [0.4, 0.5) is 4.39 Å². The molecule has 0 radical (unpaired) electrons. The molecule has 1 aliphatic rings. The van der Waals surface area contributed by atoms with E-state index in [4.69, 9.17) is 4.74 Å². The Kier molecular flexibility index (Phi) is 5.12. The van der Waals surface area contributed by atoms with E-state index in [1.54, 1.807) is 13.2 Å². The van der Waals surface area contributed by atoms with Crippen LogP contribution in [-0.4, -0.2) is 38.3 Å². The van der Waals surface area contributed by atoms with Crippen molar-refractivity contribution < 1.29 is 13.9 Å². The third-order valence-electron chi connectivity index (χ3n) is 3.46. The quantitative estimate of drug-likeness (QED) is 0.859. The first-order chi connectivity index (χ1) is 9.54. The number of benzene rings is 1. The largest absolute Gasteiger partial charge is 0.383 e. The Balaban J connectivity index is 2.00. The Morgan fingerprint density at radius 1 is 1.55 bits per heavy atom. The molecule has 20 heavy (non-hydrogen) atoms. The van der Waals surface area contributed by atoms with Crippen LogP contribution >= 0.6 is 15.9 Å². The minimum absolute atomic E-state index is 0.213. The Hall–Kier alpha value is -0.980. The molecule has 0 bridgehead atoms. The second-order valence-corrected chi connectivity index (χ2v) is 6.00. The zero-order valence-corrected chi connectivity index (χ0v) is 12.9. The Morgan fingerprint density at radius 3 is 2.95 bits per heavy atom. The maximum Gasteiger partial charge on any atom is 0.251 e. The number of halogens is 2. The number of carbonyl (C=O) groups excluding carboxylic acids is 1. The van der Waals surface area contributed by atoms with Gasteiger partial charge in [-0.25, -0.2) is 4.39 Å². The Labute approximate surface area is 126 Å². The highest BCUT2D eigenvalue weighted by atomic mass is 79.9. The van der Waals surface area contributed by atoms with Crippen molar-refractivity contribution in [1.29, 1.82) is 0 Å². The van der Waals surface area contributed by atoms with E-state index >= 15 is 0 Å². The Morgan fingerprint density at radius 2 is 2.35 bits per heavy atom. The molecule has 1 heterocycles. The number of hydrogen-bond acceptors (Lipinski definition) is 3. The van der Waals surface area contributed by atoms with Crippen molar-refractivity contribution in [3.05, 3.63) is 34.1 Å². The fraction of sp³-hybridized carbons (Fsp3) is 0.500. The summed E-state index contributed by atoms with van der Waals surface area (Å²) in [5.74, 6) is -0.718. The van der Waals surface area contributed by atoms with Crippen molar-refractivity contribution in [2.75, 3.05) is 26.8 Å². The lowest BCUT2D eigenvalue weighted by molar-refractivity contribution is 0.0891. The summed E-state index contributed by atoms with van der Waals surface area (Å²) in [7, 11) is 1.65. The Bertz CT molecular complexity index is 470. The molecule has 1 aliphatic heterocycles. The molecule has 1 saturated heterocycles. The molecule has 1 amide bonds. The van der Waals surface area contributed by atoms with Crippen molar-refractivity contribution in [3.8, 4) is 0 Å². The van der Waals surface area contributed by atoms with Gasteiger partial charge in [-0.1, -0.05) is 15.9 Å². The molecule has 1 fully saturated rings. The number of carbonyl (C=O) groups is 1. The van der Waals surface area contributed by atoms with Gasteiger partial charge in [-0.3, -0.25) is 4.79 Å². The van der Waals surface area contributed by atoms with Gasteiger partial charge in [-0.2, -0.15) is 0 Å². The molecule has 0 saturated carbocycles. The van der Waals surface area contributed by atoms with E-state index in [0.29, 0.717) is 23.2 Å². The summed E-state index contributed by atoms with van der Waals surface area (Å²) in [6.45, 7) is 1.93. The lowest BCUT2D eigenvalue weighted by atomic mass is 9.98. The molecule has 110 valence electrons. The van der Waals surface area contributed by atoms with Gasteiger partial charge in [0.1, 0.15) is 5.82 Å². The molecule has 6 heteroatoms. The first kappa shape index (κ1) is 15.4. The number of rotatable bonds is 5. The van der Waals surface area contributed by atoms with E-state index in [1.165, 1.54) is 12.1 Å². The molecule has 0 aliphatic carbocycles. The third-order valence-corrected chi connectivity index (χ3v) is 3.92. The number of hydrogen-bond donors (Lipinski definition) is 2. The van der Waals surface area contributed by atoms with Crippen LogP contribution in [0.1, 0.15) is 23.2 Å². The smallest absolute Gasteiger partial charge is 0.251 e. The summed E-state index contributed by atoms with van der Waals surface area (Å²) in [4.78, 5) is 12.1. The lowest BCUT2D eigenvalue weighted by Gasteiger charge is -2.29. The molecule has 1 aromatic rings. The molecule has 4 nitrogen and oxygen atoms in total. The van der Waals surface area contributed by atoms with Crippen LogP contribution in [0, 0.1) is 5.82 Å². The summed E-state index contributed by atoms with van der Waals surface area (Å²) < 4.78 is 19.1. The number of amides is 1. The SMILES string of the molecule is COCC1(CNC(=O)c2cc(F)cc(Br)c2)CCCN1. The van der Waals surface area contributed by atoms with Crippen molar-refractivity contribution in [1.82, 2.24) is 10.6 Å². The molecule has 1 unspecified atom stereocenters. The van der Waals surface area contributed by atoms with Gasteiger partial charge in [0.15, 0.2) is 0 Å². The average Bonchev–Trinajstić information content (AvgIpc) is 2.84. The molecule has 1 aromatic carbocycles. The van der Waals surface area contributed by atoms with Crippen LogP contribution in [0.3, 0.4) is 0 Å². The summed E-state index contributed by atoms with van der Waals surface area (Å²) in [6.07, 6.45) is 2.01. The molecule has 2 N–H and O–H groups in total. The van der Waals surface area contributed by atoms with Crippen LogP contribution in [0.25, 0.3) is 0 Å². The van der Waals surface area contributed by atoms with Gasteiger partial charge < -0.3 is 15.4 Å². The number of nitrogens with one attached hydrogen (secondary N) is 2. The summed E-state index contributed by atoms with van der Waals surface area (Å²) in [5.41, 5.74) is 0.0945. The first-order valence-electron chi connectivity index (χ1n) is 6.53. The van der Waals surface area contributed by atoms with E-state index in [9.17, 15) is 9.18 Å². The molecular formula is C14H18BrFN2O2. The van der Waals surface area contributed by atoms with E-state index < -0.39 is 5.82 Å². The fourth-order valence-corrected chi connectivity index (χ4v) is 2.97. The van der Waals surface area contributed by atoms with Gasteiger partial charge in [0.2, 0.25) is 0 Å². The minimum atomic E-state index is -0.435. The van der Waals surface area contributed by atoms with Crippen LogP contribution in [0.2, 0.25) is 0 Å². The second kappa shape index (κ2) is 6.65. The van der Waals surface area contributed by atoms with E-state index in [2.05, 4.69) is 26.6 Å². The van der Waals surface area contributed by atoms with Crippen molar-refractivity contribution in [2.24, 2.45) is 0 Å². The van der Waals surface area contributed by atoms with Gasteiger partial charge in [-0.15, -0.1) is 0 Å². The average molecular weight is 345 g/mol. The molecule has 0 aromatic heterocycles. The first-order valence-corrected chi connectivity index (χ1v) is 7.32. The predicted octanol–water partition coefficient (Wildman–Crippen LogP) is 2.09. The minimum Gasteiger partial charge on any atom is -0.383 e. The summed E-state index contributed by atoms with van der Waals surface area (Å²) in [6, 6.07) is 4.15. The third kappa shape index (κ3) is 3.77. The molecule has 0 spiro atoms. The highest BCUT2D eigenvalue weighted by molar-refractivity contribution is 9.10. The van der Waals surface area contributed by atoms with Crippen molar-refractivity contribution in [2.45, 2.75) is 18.4 Å². The zero-order valence-electron chi connectivity index (χ0n) is 11.3. The topological polar surface area (TPSA) is 50.4 Å². The maximum absolute atomic E-state index is 13.3. The second-order valence-electron chi connectivity index (χ2n) is 5.08. The monoisotopic (exact) mass is 344 g/mol. The van der Waals surface area contributed by atoms with Crippen molar-refractivity contribution in [3.63, 3.8) is 0 Å². The molecule has 2 rings (SSSR count). The number of methoxy groups -OCH3 is 1. The van der Waals surface area contributed by atoms with Gasteiger partial charge in [0.25, 0.3) is 5.91 Å².